The number of unbranched alkanes of at least 4 members (excludes halogenated alkanes) is 12. The van der Waals surface area contributed by atoms with Crippen LogP contribution in [-0.2, 0) is 0 Å². The summed E-state index contributed by atoms with van der Waals surface area (Å²) in [5.41, 5.74) is 0. The first-order chi connectivity index (χ1) is 10.8. The van der Waals surface area contributed by atoms with E-state index in [-0.39, 0.29) is 24.8 Å². The molecule has 0 rings (SSSR count). The second-order valence-electron chi connectivity index (χ2n) is 7.08. The lowest BCUT2D eigenvalue weighted by molar-refractivity contribution is 0.646. The van der Waals surface area contributed by atoms with Gasteiger partial charge in [0.2, 0.25) is 0 Å². The Morgan fingerprint density at radius 3 is 0.875 bits per heavy atom. The molecule has 0 spiro atoms. The van der Waals surface area contributed by atoms with Crippen molar-refractivity contribution in [2.24, 2.45) is 0 Å². The van der Waals surface area contributed by atoms with Crippen molar-refractivity contribution in [3.63, 3.8) is 0 Å². The molecule has 0 heterocycles. The van der Waals surface area contributed by atoms with Gasteiger partial charge in [0.1, 0.15) is 0 Å². The highest BCUT2D eigenvalue weighted by Gasteiger charge is 2.07. The number of rotatable bonds is 18. The molecule has 0 bridgehead atoms. The zero-order chi connectivity index (χ0) is 16.3. The number of halogens is 2. The monoisotopic (exact) mass is 400 g/mol. The van der Waals surface area contributed by atoms with Crippen molar-refractivity contribution < 1.29 is 0 Å². The minimum absolute atomic E-state index is 0. The summed E-state index contributed by atoms with van der Waals surface area (Å²) in [6.45, 7) is 6.96. The fourth-order valence-corrected chi connectivity index (χ4v) is 5.84. The molecule has 0 fully saturated rings. The Morgan fingerprint density at radius 2 is 0.625 bits per heavy atom. The minimum atomic E-state index is 0. The molecular formula is C21H47Cl2P. The van der Waals surface area contributed by atoms with Crippen LogP contribution >= 0.6 is 32.7 Å². The Morgan fingerprint density at radius 1 is 0.375 bits per heavy atom. The molecule has 0 aromatic heterocycles. The maximum absolute atomic E-state index is 2.32. The van der Waals surface area contributed by atoms with Crippen molar-refractivity contribution >= 4 is 32.7 Å². The predicted octanol–water partition coefficient (Wildman–Crippen LogP) is 9.22. The van der Waals surface area contributed by atoms with E-state index in [4.69, 9.17) is 0 Å². The van der Waals surface area contributed by atoms with Crippen LogP contribution in [0.2, 0.25) is 0 Å². The Labute approximate surface area is 168 Å². The third-order valence-electron chi connectivity index (χ3n) is 4.73. The maximum Gasteiger partial charge on any atom is -0.0326 e. The fourth-order valence-electron chi connectivity index (χ4n) is 3.15. The van der Waals surface area contributed by atoms with Gasteiger partial charge in [0.15, 0.2) is 0 Å². The Kier molecular flexibility index (Phi) is 32.5. The highest BCUT2D eigenvalue weighted by atomic mass is 35.5. The lowest BCUT2D eigenvalue weighted by atomic mass is 10.2. The van der Waals surface area contributed by atoms with Crippen molar-refractivity contribution in [3.8, 4) is 0 Å². The summed E-state index contributed by atoms with van der Waals surface area (Å²) in [7, 11) is 0.377. The standard InChI is InChI=1S/C21H45P.2ClH/c1-4-7-10-13-16-19-22(20-17-14-11-8-5-2)21-18-15-12-9-6-3;;/h4-21H2,1-3H3;2*1H. The summed E-state index contributed by atoms with van der Waals surface area (Å²) in [6.07, 6.45) is 26.7. The molecule has 0 radical (unpaired) electrons. The molecule has 0 N–H and O–H groups in total. The van der Waals surface area contributed by atoms with Gasteiger partial charge < -0.3 is 0 Å². The summed E-state index contributed by atoms with van der Waals surface area (Å²) in [6, 6.07) is 0. The first-order valence-corrected chi connectivity index (χ1v) is 12.5. The molecule has 0 nitrogen and oxygen atoms in total. The molecule has 150 valence electrons. The van der Waals surface area contributed by atoms with Crippen LogP contribution in [0.5, 0.6) is 0 Å². The van der Waals surface area contributed by atoms with Crippen LogP contribution in [0.15, 0.2) is 0 Å². The van der Waals surface area contributed by atoms with Gasteiger partial charge in [-0.05, 0) is 37.7 Å². The molecule has 0 atom stereocenters. The van der Waals surface area contributed by atoms with Gasteiger partial charge in [-0.2, -0.15) is 0 Å². The molecular weight excluding hydrogens is 354 g/mol. The zero-order valence-corrected chi connectivity index (χ0v) is 19.5. The van der Waals surface area contributed by atoms with E-state index < -0.39 is 0 Å². The Hall–Kier alpha value is 1.01. The molecule has 24 heavy (non-hydrogen) atoms. The first kappa shape index (κ1) is 29.8. The summed E-state index contributed by atoms with van der Waals surface area (Å²) in [5, 5.41) is 0. The van der Waals surface area contributed by atoms with E-state index in [2.05, 4.69) is 20.8 Å². The van der Waals surface area contributed by atoms with E-state index in [0.29, 0.717) is 7.92 Å². The van der Waals surface area contributed by atoms with Gasteiger partial charge in [0, 0.05) is 0 Å². The highest BCUT2D eigenvalue weighted by Crippen LogP contribution is 2.39. The van der Waals surface area contributed by atoms with Gasteiger partial charge in [-0.15, -0.1) is 32.7 Å². The third kappa shape index (κ3) is 23.0. The summed E-state index contributed by atoms with van der Waals surface area (Å²) >= 11 is 0. The topological polar surface area (TPSA) is 0 Å². The lowest BCUT2D eigenvalue weighted by Gasteiger charge is -2.18. The Bertz CT molecular complexity index is 167. The van der Waals surface area contributed by atoms with Gasteiger partial charge in [-0.1, -0.05) is 97.8 Å². The largest absolute Gasteiger partial charge is 0.147 e. The van der Waals surface area contributed by atoms with E-state index >= 15 is 0 Å². The molecule has 3 heteroatoms. The fraction of sp³-hybridized carbons (Fsp3) is 1.00. The quantitative estimate of drug-likeness (QED) is 0.159. The van der Waals surface area contributed by atoms with Crippen molar-refractivity contribution in [2.75, 3.05) is 18.5 Å². The second-order valence-corrected chi connectivity index (χ2v) is 9.77. The second kappa shape index (κ2) is 26.2. The SMILES string of the molecule is CCCCCCCP(CCCCCCC)CCCCCCC.Cl.Cl. The van der Waals surface area contributed by atoms with Crippen molar-refractivity contribution in [1.82, 2.24) is 0 Å². The number of hydrogen-bond donors (Lipinski definition) is 0. The van der Waals surface area contributed by atoms with Crippen molar-refractivity contribution in [3.05, 3.63) is 0 Å². The molecule has 0 aromatic rings. The normalized spacial score (nSPS) is 10.5. The molecule has 0 aromatic carbocycles. The molecule has 0 aliphatic carbocycles. The van der Waals surface area contributed by atoms with Crippen LogP contribution in [0.25, 0.3) is 0 Å². The molecule has 0 saturated heterocycles. The molecule has 0 saturated carbocycles. The van der Waals surface area contributed by atoms with Crippen LogP contribution < -0.4 is 0 Å². The van der Waals surface area contributed by atoms with Gasteiger partial charge in [-0.25, -0.2) is 0 Å². The van der Waals surface area contributed by atoms with E-state index in [1.165, 1.54) is 96.3 Å². The maximum atomic E-state index is 2.32. The van der Waals surface area contributed by atoms with Gasteiger partial charge in [0.25, 0.3) is 0 Å². The third-order valence-corrected chi connectivity index (χ3v) is 7.58. The molecule has 0 aliphatic heterocycles. The highest BCUT2D eigenvalue weighted by molar-refractivity contribution is 7.57. The average molecular weight is 401 g/mol. The van der Waals surface area contributed by atoms with Crippen LogP contribution in [-0.4, -0.2) is 18.5 Å². The Balaban J connectivity index is -0.00000220. The van der Waals surface area contributed by atoms with Gasteiger partial charge >= 0.3 is 0 Å². The molecule has 0 aliphatic rings. The predicted molar refractivity (Wildman–Crippen MR) is 122 cm³/mol. The van der Waals surface area contributed by atoms with E-state index in [1.807, 2.05) is 0 Å². The van der Waals surface area contributed by atoms with E-state index in [9.17, 15) is 0 Å². The van der Waals surface area contributed by atoms with Gasteiger partial charge in [-0.3, -0.25) is 0 Å². The summed E-state index contributed by atoms with van der Waals surface area (Å²) in [5.74, 6) is 0. The summed E-state index contributed by atoms with van der Waals surface area (Å²) in [4.78, 5) is 0. The van der Waals surface area contributed by atoms with Crippen LogP contribution in [0.4, 0.5) is 0 Å². The zero-order valence-electron chi connectivity index (χ0n) is 17.0. The lowest BCUT2D eigenvalue weighted by Crippen LogP contribution is -1.97. The first-order valence-electron chi connectivity index (χ1n) is 10.6. The van der Waals surface area contributed by atoms with Crippen molar-refractivity contribution in [2.45, 2.75) is 117 Å². The number of hydrogen-bond acceptors (Lipinski definition) is 0. The molecule has 0 amide bonds. The van der Waals surface area contributed by atoms with Crippen LogP contribution in [0.3, 0.4) is 0 Å². The van der Waals surface area contributed by atoms with E-state index in [0.717, 1.165) is 0 Å². The smallest absolute Gasteiger partial charge is 0.0326 e. The van der Waals surface area contributed by atoms with Crippen molar-refractivity contribution in [1.29, 1.82) is 0 Å². The van der Waals surface area contributed by atoms with Crippen LogP contribution in [0.1, 0.15) is 117 Å². The van der Waals surface area contributed by atoms with Gasteiger partial charge in [0.05, 0.1) is 0 Å². The summed E-state index contributed by atoms with van der Waals surface area (Å²) < 4.78 is 0. The minimum Gasteiger partial charge on any atom is -0.147 e. The molecule has 0 unspecified atom stereocenters. The van der Waals surface area contributed by atoms with E-state index in [1.54, 1.807) is 18.5 Å². The average Bonchev–Trinajstić information content (AvgIpc) is 2.53. The van der Waals surface area contributed by atoms with Crippen LogP contribution in [0, 0.1) is 0 Å².